The monoisotopic (exact) mass is 230 g/mol. The molecular weight excluding hydrogens is 212 g/mol. The van der Waals surface area contributed by atoms with Gasteiger partial charge in [0, 0.05) is 5.39 Å². The Bertz CT molecular complexity index is 491. The zero-order chi connectivity index (χ0) is 12.1. The SMILES string of the molecule is CCCCCOc1cccc2cc(O)ccc12. The van der Waals surface area contributed by atoms with Gasteiger partial charge < -0.3 is 9.84 Å². The van der Waals surface area contributed by atoms with Gasteiger partial charge in [0.25, 0.3) is 0 Å². The molecule has 0 aliphatic heterocycles. The van der Waals surface area contributed by atoms with E-state index in [1.54, 1.807) is 12.1 Å². The first-order valence-electron chi connectivity index (χ1n) is 6.16. The number of hydrogen-bond donors (Lipinski definition) is 1. The third-order valence-corrected chi connectivity index (χ3v) is 2.83. The summed E-state index contributed by atoms with van der Waals surface area (Å²) in [6, 6.07) is 11.3. The Morgan fingerprint density at radius 1 is 1.12 bits per heavy atom. The highest BCUT2D eigenvalue weighted by molar-refractivity contribution is 5.89. The number of ether oxygens (including phenoxy) is 1. The summed E-state index contributed by atoms with van der Waals surface area (Å²) in [7, 11) is 0. The van der Waals surface area contributed by atoms with Crippen LogP contribution in [-0.4, -0.2) is 11.7 Å². The smallest absolute Gasteiger partial charge is 0.127 e. The molecule has 0 atom stereocenters. The molecule has 0 saturated carbocycles. The summed E-state index contributed by atoms with van der Waals surface area (Å²) in [5, 5.41) is 11.5. The van der Waals surface area contributed by atoms with Crippen molar-refractivity contribution in [3.8, 4) is 11.5 Å². The molecule has 0 amide bonds. The lowest BCUT2D eigenvalue weighted by Crippen LogP contribution is -1.97. The first-order chi connectivity index (χ1) is 8.31. The zero-order valence-corrected chi connectivity index (χ0v) is 10.1. The molecule has 0 heterocycles. The molecule has 0 unspecified atom stereocenters. The van der Waals surface area contributed by atoms with Crippen molar-refractivity contribution in [3.63, 3.8) is 0 Å². The van der Waals surface area contributed by atoms with Gasteiger partial charge in [0.1, 0.15) is 11.5 Å². The second-order valence-corrected chi connectivity index (χ2v) is 4.22. The van der Waals surface area contributed by atoms with Gasteiger partial charge in [-0.05, 0) is 36.1 Å². The van der Waals surface area contributed by atoms with Crippen molar-refractivity contribution in [2.75, 3.05) is 6.61 Å². The molecular formula is C15H18O2. The van der Waals surface area contributed by atoms with Crippen LogP contribution in [0.4, 0.5) is 0 Å². The van der Waals surface area contributed by atoms with Crippen molar-refractivity contribution in [2.24, 2.45) is 0 Å². The molecule has 0 fully saturated rings. The van der Waals surface area contributed by atoms with Crippen molar-refractivity contribution >= 4 is 10.8 Å². The van der Waals surface area contributed by atoms with Gasteiger partial charge in [-0.15, -0.1) is 0 Å². The number of fused-ring (bicyclic) bond motifs is 1. The molecule has 0 aromatic heterocycles. The Balaban J connectivity index is 2.16. The van der Waals surface area contributed by atoms with E-state index in [0.29, 0.717) is 5.75 Å². The van der Waals surface area contributed by atoms with Gasteiger partial charge in [0.05, 0.1) is 6.61 Å². The zero-order valence-electron chi connectivity index (χ0n) is 10.1. The number of phenolic OH excluding ortho intramolecular Hbond substituents is 1. The van der Waals surface area contributed by atoms with Crippen molar-refractivity contribution in [1.29, 1.82) is 0 Å². The van der Waals surface area contributed by atoms with E-state index in [-0.39, 0.29) is 0 Å². The molecule has 1 N–H and O–H groups in total. The van der Waals surface area contributed by atoms with E-state index in [9.17, 15) is 5.11 Å². The average molecular weight is 230 g/mol. The molecule has 2 nitrogen and oxygen atoms in total. The summed E-state index contributed by atoms with van der Waals surface area (Å²) in [6.45, 7) is 2.94. The normalized spacial score (nSPS) is 10.6. The van der Waals surface area contributed by atoms with Crippen LogP contribution < -0.4 is 4.74 Å². The van der Waals surface area contributed by atoms with Crippen LogP contribution in [0.1, 0.15) is 26.2 Å². The standard InChI is InChI=1S/C15H18O2/c1-2-3-4-10-17-15-7-5-6-12-11-13(16)8-9-14(12)15/h5-9,11,16H,2-4,10H2,1H3. The number of hydrogen-bond acceptors (Lipinski definition) is 2. The lowest BCUT2D eigenvalue weighted by atomic mass is 10.1. The number of rotatable bonds is 5. The fourth-order valence-corrected chi connectivity index (χ4v) is 1.90. The molecule has 90 valence electrons. The van der Waals surface area contributed by atoms with Crippen molar-refractivity contribution in [2.45, 2.75) is 26.2 Å². The predicted octanol–water partition coefficient (Wildman–Crippen LogP) is 4.11. The number of benzene rings is 2. The molecule has 0 saturated heterocycles. The van der Waals surface area contributed by atoms with Gasteiger partial charge in [-0.1, -0.05) is 31.9 Å². The Labute approximate surface area is 102 Å². The number of unbranched alkanes of at least 4 members (excludes halogenated alkanes) is 2. The molecule has 2 aromatic carbocycles. The third kappa shape index (κ3) is 2.90. The third-order valence-electron chi connectivity index (χ3n) is 2.83. The van der Waals surface area contributed by atoms with Crippen LogP contribution in [0.3, 0.4) is 0 Å². The maximum absolute atomic E-state index is 9.43. The number of phenols is 1. The fourth-order valence-electron chi connectivity index (χ4n) is 1.90. The second-order valence-electron chi connectivity index (χ2n) is 4.22. The van der Waals surface area contributed by atoms with E-state index in [1.165, 1.54) is 12.8 Å². The maximum Gasteiger partial charge on any atom is 0.127 e. The minimum atomic E-state index is 0.292. The van der Waals surface area contributed by atoms with Gasteiger partial charge in [0.15, 0.2) is 0 Å². The quantitative estimate of drug-likeness (QED) is 0.783. The van der Waals surface area contributed by atoms with Crippen LogP contribution in [-0.2, 0) is 0 Å². The van der Waals surface area contributed by atoms with E-state index >= 15 is 0 Å². The summed E-state index contributed by atoms with van der Waals surface area (Å²) in [5.74, 6) is 1.19. The van der Waals surface area contributed by atoms with E-state index < -0.39 is 0 Å². The van der Waals surface area contributed by atoms with Crippen LogP contribution in [0.5, 0.6) is 11.5 Å². The molecule has 0 aliphatic rings. The van der Waals surface area contributed by atoms with E-state index in [2.05, 4.69) is 6.92 Å². The van der Waals surface area contributed by atoms with Crippen molar-refractivity contribution < 1.29 is 9.84 Å². The van der Waals surface area contributed by atoms with Crippen LogP contribution in [0, 0.1) is 0 Å². The molecule has 0 radical (unpaired) electrons. The first kappa shape index (κ1) is 11.8. The van der Waals surface area contributed by atoms with Crippen LogP contribution in [0.2, 0.25) is 0 Å². The fraction of sp³-hybridized carbons (Fsp3) is 0.333. The van der Waals surface area contributed by atoms with Gasteiger partial charge in [-0.2, -0.15) is 0 Å². The van der Waals surface area contributed by atoms with Gasteiger partial charge in [-0.3, -0.25) is 0 Å². The van der Waals surface area contributed by atoms with Crippen molar-refractivity contribution in [3.05, 3.63) is 36.4 Å². The minimum absolute atomic E-state index is 0.292. The highest BCUT2D eigenvalue weighted by Gasteiger charge is 2.02. The topological polar surface area (TPSA) is 29.5 Å². The highest BCUT2D eigenvalue weighted by atomic mass is 16.5. The average Bonchev–Trinajstić information content (AvgIpc) is 2.34. The first-order valence-corrected chi connectivity index (χ1v) is 6.16. The maximum atomic E-state index is 9.43. The lowest BCUT2D eigenvalue weighted by Gasteiger charge is -2.09. The van der Waals surface area contributed by atoms with Gasteiger partial charge in [0.2, 0.25) is 0 Å². The molecule has 0 aliphatic carbocycles. The Hall–Kier alpha value is -1.70. The van der Waals surface area contributed by atoms with E-state index in [1.807, 2.05) is 24.3 Å². The summed E-state index contributed by atoms with van der Waals surface area (Å²) in [6.07, 6.45) is 3.49. The summed E-state index contributed by atoms with van der Waals surface area (Å²) in [4.78, 5) is 0. The Kier molecular flexibility index (Phi) is 3.86. The second kappa shape index (κ2) is 5.58. The van der Waals surface area contributed by atoms with Crippen LogP contribution in [0.25, 0.3) is 10.8 Å². The lowest BCUT2D eigenvalue weighted by molar-refractivity contribution is 0.310. The molecule has 2 rings (SSSR count). The molecule has 2 aromatic rings. The predicted molar refractivity (Wildman–Crippen MR) is 70.6 cm³/mol. The molecule has 17 heavy (non-hydrogen) atoms. The van der Waals surface area contributed by atoms with E-state index in [0.717, 1.165) is 29.5 Å². The van der Waals surface area contributed by atoms with Gasteiger partial charge in [-0.25, -0.2) is 0 Å². The summed E-state index contributed by atoms with van der Waals surface area (Å²) >= 11 is 0. The van der Waals surface area contributed by atoms with Gasteiger partial charge >= 0.3 is 0 Å². The molecule has 2 heteroatoms. The Morgan fingerprint density at radius 3 is 2.82 bits per heavy atom. The molecule has 0 bridgehead atoms. The largest absolute Gasteiger partial charge is 0.508 e. The number of aromatic hydroxyl groups is 1. The Morgan fingerprint density at radius 2 is 2.00 bits per heavy atom. The highest BCUT2D eigenvalue weighted by Crippen LogP contribution is 2.28. The van der Waals surface area contributed by atoms with Crippen LogP contribution >= 0.6 is 0 Å². The molecule has 0 spiro atoms. The van der Waals surface area contributed by atoms with Crippen LogP contribution in [0.15, 0.2) is 36.4 Å². The van der Waals surface area contributed by atoms with Crippen molar-refractivity contribution in [1.82, 2.24) is 0 Å². The summed E-state index contributed by atoms with van der Waals surface area (Å²) < 4.78 is 5.78. The minimum Gasteiger partial charge on any atom is -0.508 e. The summed E-state index contributed by atoms with van der Waals surface area (Å²) in [5.41, 5.74) is 0. The van der Waals surface area contributed by atoms with E-state index in [4.69, 9.17) is 4.74 Å².